The molecule has 0 bridgehead atoms. The molecule has 1 atom stereocenters. The first-order valence-corrected chi connectivity index (χ1v) is 5.41. The van der Waals surface area contributed by atoms with Crippen LogP contribution in [0.5, 0.6) is 0 Å². The Balaban J connectivity index is 2.12. The fourth-order valence-corrected chi connectivity index (χ4v) is 2.41. The Morgan fingerprint density at radius 2 is 2.38 bits per heavy atom. The summed E-state index contributed by atoms with van der Waals surface area (Å²) in [6.07, 6.45) is 0.0208. The van der Waals surface area contributed by atoms with Crippen LogP contribution in [0, 0.1) is 0 Å². The van der Waals surface area contributed by atoms with E-state index in [1.54, 1.807) is 11.3 Å². The number of thiophene rings is 1. The summed E-state index contributed by atoms with van der Waals surface area (Å²) < 4.78 is 6.42. The van der Waals surface area contributed by atoms with Gasteiger partial charge in [0, 0.05) is 10.4 Å². The molecule has 2 rings (SSSR count). The second-order valence-corrected chi connectivity index (χ2v) is 5.61. The minimum absolute atomic E-state index is 0.0208. The zero-order valence-corrected chi connectivity index (χ0v) is 9.21. The lowest BCUT2D eigenvalue weighted by Crippen LogP contribution is -2.35. The summed E-state index contributed by atoms with van der Waals surface area (Å²) in [6, 6.07) is 3.91. The van der Waals surface area contributed by atoms with Gasteiger partial charge in [0.15, 0.2) is 0 Å². The molecule has 0 aromatic carbocycles. The molecule has 1 aliphatic rings. The van der Waals surface area contributed by atoms with E-state index in [2.05, 4.69) is 19.2 Å². The Hall–Kier alpha value is -0.0900. The molecule has 0 aliphatic carbocycles. The van der Waals surface area contributed by atoms with Gasteiger partial charge in [-0.1, -0.05) is 11.6 Å². The van der Waals surface area contributed by atoms with Crippen molar-refractivity contribution < 1.29 is 4.74 Å². The molecule has 1 unspecified atom stereocenters. The zero-order chi connectivity index (χ0) is 9.47. The van der Waals surface area contributed by atoms with Gasteiger partial charge in [0.25, 0.3) is 0 Å². The smallest absolute Gasteiger partial charge is 0.144 e. The van der Waals surface area contributed by atoms with Crippen molar-refractivity contribution >= 4 is 22.9 Å². The molecule has 1 fully saturated rings. The lowest BCUT2D eigenvalue weighted by molar-refractivity contribution is 0.102. The van der Waals surface area contributed by atoms with Gasteiger partial charge in [0.1, 0.15) is 6.23 Å². The van der Waals surface area contributed by atoms with Gasteiger partial charge < -0.3 is 4.74 Å². The predicted octanol–water partition coefficient (Wildman–Crippen LogP) is 2.80. The minimum Gasteiger partial charge on any atom is -0.356 e. The molecule has 1 saturated heterocycles. The van der Waals surface area contributed by atoms with Crippen molar-refractivity contribution in [2.45, 2.75) is 25.6 Å². The van der Waals surface area contributed by atoms with E-state index in [-0.39, 0.29) is 11.8 Å². The molecule has 2 nitrogen and oxygen atoms in total. The molecular formula is C9H12ClNOS. The van der Waals surface area contributed by atoms with E-state index in [0.717, 1.165) is 15.8 Å². The molecule has 1 aromatic heterocycles. The summed E-state index contributed by atoms with van der Waals surface area (Å²) in [5, 5.41) is 3.39. The van der Waals surface area contributed by atoms with Crippen molar-refractivity contribution in [2.24, 2.45) is 0 Å². The van der Waals surface area contributed by atoms with Crippen LogP contribution in [0.25, 0.3) is 0 Å². The van der Waals surface area contributed by atoms with Gasteiger partial charge >= 0.3 is 0 Å². The molecule has 13 heavy (non-hydrogen) atoms. The Bertz CT molecular complexity index is 310. The Labute approximate surface area is 86.9 Å². The van der Waals surface area contributed by atoms with E-state index in [1.165, 1.54) is 0 Å². The Morgan fingerprint density at radius 3 is 2.85 bits per heavy atom. The van der Waals surface area contributed by atoms with Gasteiger partial charge in [-0.15, -0.1) is 11.3 Å². The van der Waals surface area contributed by atoms with Crippen LogP contribution in [0.4, 0.5) is 0 Å². The predicted molar refractivity (Wildman–Crippen MR) is 55.2 cm³/mol. The third-order valence-corrected chi connectivity index (χ3v) is 3.26. The summed E-state index contributed by atoms with van der Waals surface area (Å²) in [5.74, 6) is 0. The van der Waals surface area contributed by atoms with E-state index >= 15 is 0 Å². The first-order valence-electron chi connectivity index (χ1n) is 4.21. The highest BCUT2D eigenvalue weighted by molar-refractivity contribution is 7.16. The number of ether oxygens (including phenoxy) is 1. The van der Waals surface area contributed by atoms with Crippen molar-refractivity contribution in [3.63, 3.8) is 0 Å². The van der Waals surface area contributed by atoms with E-state index in [4.69, 9.17) is 16.3 Å². The molecule has 4 heteroatoms. The zero-order valence-electron chi connectivity index (χ0n) is 7.63. The number of rotatable bonds is 1. The molecule has 72 valence electrons. The second kappa shape index (κ2) is 3.24. The molecule has 0 spiro atoms. The molecule has 0 saturated carbocycles. The highest BCUT2D eigenvalue weighted by atomic mass is 35.5. The van der Waals surface area contributed by atoms with Gasteiger partial charge in [0.2, 0.25) is 0 Å². The van der Waals surface area contributed by atoms with E-state index < -0.39 is 0 Å². The van der Waals surface area contributed by atoms with Gasteiger partial charge in [-0.05, 0) is 26.0 Å². The van der Waals surface area contributed by atoms with Crippen LogP contribution in [0.2, 0.25) is 4.34 Å². The maximum atomic E-state index is 5.85. The summed E-state index contributed by atoms with van der Waals surface area (Å²) in [4.78, 5) is 1.15. The van der Waals surface area contributed by atoms with Crippen LogP contribution in [0.15, 0.2) is 12.1 Å². The van der Waals surface area contributed by atoms with Crippen LogP contribution in [-0.4, -0.2) is 12.1 Å². The maximum absolute atomic E-state index is 5.85. The fourth-order valence-electron chi connectivity index (χ4n) is 1.35. The fraction of sp³-hybridized carbons (Fsp3) is 0.556. The van der Waals surface area contributed by atoms with Crippen molar-refractivity contribution in [2.75, 3.05) is 6.61 Å². The standard InChI is InChI=1S/C9H12ClNOS/c1-9(2)5-12-8(11-9)6-3-4-7(10)13-6/h3-4,8,11H,5H2,1-2H3. The topological polar surface area (TPSA) is 21.3 Å². The highest BCUT2D eigenvalue weighted by Crippen LogP contribution is 2.32. The van der Waals surface area contributed by atoms with Crippen LogP contribution in [0.1, 0.15) is 25.0 Å². The molecule has 2 heterocycles. The largest absolute Gasteiger partial charge is 0.356 e. The van der Waals surface area contributed by atoms with Crippen molar-refractivity contribution in [3.8, 4) is 0 Å². The monoisotopic (exact) mass is 217 g/mol. The number of hydrogen-bond acceptors (Lipinski definition) is 3. The first-order chi connectivity index (χ1) is 6.07. The molecule has 1 N–H and O–H groups in total. The van der Waals surface area contributed by atoms with Gasteiger partial charge in [0.05, 0.1) is 10.9 Å². The number of hydrogen-bond donors (Lipinski definition) is 1. The van der Waals surface area contributed by atoms with Crippen LogP contribution >= 0.6 is 22.9 Å². The van der Waals surface area contributed by atoms with Gasteiger partial charge in [-0.25, -0.2) is 0 Å². The quantitative estimate of drug-likeness (QED) is 0.781. The maximum Gasteiger partial charge on any atom is 0.144 e. The van der Waals surface area contributed by atoms with Crippen LogP contribution < -0.4 is 5.32 Å². The Kier molecular flexibility index (Phi) is 2.36. The van der Waals surface area contributed by atoms with Crippen LogP contribution in [0.3, 0.4) is 0 Å². The summed E-state index contributed by atoms with van der Waals surface area (Å²) >= 11 is 7.41. The van der Waals surface area contributed by atoms with Crippen LogP contribution in [-0.2, 0) is 4.74 Å². The lowest BCUT2D eigenvalue weighted by atomic mass is 10.1. The molecule has 1 aromatic rings. The molecule has 1 aliphatic heterocycles. The molecular weight excluding hydrogens is 206 g/mol. The average molecular weight is 218 g/mol. The SMILES string of the molecule is CC1(C)COC(c2ccc(Cl)s2)N1. The van der Waals surface area contributed by atoms with E-state index in [0.29, 0.717) is 0 Å². The van der Waals surface area contributed by atoms with Gasteiger partial charge in [-0.2, -0.15) is 0 Å². The first kappa shape index (κ1) is 9.46. The summed E-state index contributed by atoms with van der Waals surface area (Å²) in [7, 11) is 0. The van der Waals surface area contributed by atoms with Crippen molar-refractivity contribution in [3.05, 3.63) is 21.3 Å². The minimum atomic E-state index is 0.0208. The molecule has 0 amide bonds. The molecule has 0 radical (unpaired) electrons. The third-order valence-electron chi connectivity index (χ3n) is 1.99. The lowest BCUT2D eigenvalue weighted by Gasteiger charge is -2.15. The summed E-state index contributed by atoms with van der Waals surface area (Å²) in [5.41, 5.74) is 0.0706. The van der Waals surface area contributed by atoms with Crippen molar-refractivity contribution in [1.29, 1.82) is 0 Å². The second-order valence-electron chi connectivity index (χ2n) is 3.86. The average Bonchev–Trinajstić information content (AvgIpc) is 2.56. The van der Waals surface area contributed by atoms with E-state index in [9.17, 15) is 0 Å². The Morgan fingerprint density at radius 1 is 1.62 bits per heavy atom. The van der Waals surface area contributed by atoms with Crippen molar-refractivity contribution in [1.82, 2.24) is 5.32 Å². The van der Waals surface area contributed by atoms with Gasteiger partial charge in [-0.3, -0.25) is 5.32 Å². The summed E-state index contributed by atoms with van der Waals surface area (Å²) in [6.45, 7) is 5.00. The third kappa shape index (κ3) is 2.05. The number of nitrogens with one attached hydrogen (secondary N) is 1. The number of halogens is 1. The normalized spacial score (nSPS) is 26.5. The van der Waals surface area contributed by atoms with E-state index in [1.807, 2.05) is 12.1 Å². The highest BCUT2D eigenvalue weighted by Gasteiger charge is 2.32.